The quantitative estimate of drug-likeness (QED) is 0.0261. The molecule has 0 aliphatic heterocycles. The van der Waals surface area contributed by atoms with Crippen molar-refractivity contribution in [3.63, 3.8) is 0 Å². The van der Waals surface area contributed by atoms with Crippen molar-refractivity contribution in [1.29, 1.82) is 0 Å². The number of quaternary nitrogens is 1. The number of rotatable bonds is 44. The Kier molecular flexibility index (Phi) is 40.0. The van der Waals surface area contributed by atoms with Crippen molar-refractivity contribution >= 4 is 17.9 Å². The average molecular weight is 820 g/mol. The second kappa shape index (κ2) is 41.5. The van der Waals surface area contributed by atoms with Crippen molar-refractivity contribution in [2.45, 2.75) is 238 Å². The van der Waals surface area contributed by atoms with Crippen LogP contribution in [0.15, 0.2) is 24.3 Å². The molecule has 0 spiro atoms. The van der Waals surface area contributed by atoms with Gasteiger partial charge in [-0.25, -0.2) is 0 Å². The van der Waals surface area contributed by atoms with Crippen LogP contribution in [-0.2, 0) is 28.6 Å². The molecule has 0 N–H and O–H groups in total. The van der Waals surface area contributed by atoms with Gasteiger partial charge in [-0.1, -0.05) is 192 Å². The van der Waals surface area contributed by atoms with E-state index < -0.39 is 18.1 Å². The van der Waals surface area contributed by atoms with Crippen LogP contribution in [0.25, 0.3) is 0 Å². The second-order valence-corrected chi connectivity index (χ2v) is 17.7. The number of unbranched alkanes of at least 4 members (excludes halogenated alkanes) is 26. The summed E-state index contributed by atoms with van der Waals surface area (Å²) >= 11 is 0. The number of carboxylic acids is 1. The fraction of sp³-hybridized carbons (Fsp3) is 0.860. The van der Waals surface area contributed by atoms with Crippen molar-refractivity contribution in [3.8, 4) is 0 Å². The maximum Gasteiger partial charge on any atom is 0.306 e. The molecule has 0 bridgehead atoms. The Labute approximate surface area is 358 Å². The molecular weight excluding hydrogens is 727 g/mol. The molecule has 0 fully saturated rings. The molecule has 8 heteroatoms. The van der Waals surface area contributed by atoms with Crippen LogP contribution in [0.5, 0.6) is 0 Å². The van der Waals surface area contributed by atoms with Gasteiger partial charge < -0.3 is 28.6 Å². The predicted octanol–water partition coefficient (Wildman–Crippen LogP) is 12.3. The third kappa shape index (κ3) is 39.3. The van der Waals surface area contributed by atoms with Crippen molar-refractivity contribution < 1.29 is 38.2 Å². The zero-order chi connectivity index (χ0) is 42.8. The van der Waals surface area contributed by atoms with E-state index in [1.165, 1.54) is 122 Å². The largest absolute Gasteiger partial charge is 0.544 e. The summed E-state index contributed by atoms with van der Waals surface area (Å²) in [4.78, 5) is 36.9. The Morgan fingerprint density at radius 2 is 0.948 bits per heavy atom. The van der Waals surface area contributed by atoms with Crippen LogP contribution in [0, 0.1) is 0 Å². The van der Waals surface area contributed by atoms with Crippen LogP contribution in [0.1, 0.15) is 226 Å². The molecule has 0 heterocycles. The van der Waals surface area contributed by atoms with Gasteiger partial charge >= 0.3 is 11.9 Å². The van der Waals surface area contributed by atoms with Gasteiger partial charge in [-0.3, -0.25) is 9.59 Å². The fourth-order valence-corrected chi connectivity index (χ4v) is 7.29. The van der Waals surface area contributed by atoms with E-state index in [4.69, 9.17) is 14.2 Å². The minimum atomic E-state index is -1.13. The van der Waals surface area contributed by atoms with Crippen LogP contribution in [0.4, 0.5) is 0 Å². The minimum Gasteiger partial charge on any atom is -0.544 e. The number of hydrogen-bond acceptors (Lipinski definition) is 7. The average Bonchev–Trinajstić information content (AvgIpc) is 3.18. The molecule has 0 aromatic heterocycles. The summed E-state index contributed by atoms with van der Waals surface area (Å²) < 4.78 is 17.2. The maximum atomic E-state index is 12.7. The molecule has 0 aliphatic carbocycles. The first kappa shape index (κ1) is 55.8. The van der Waals surface area contributed by atoms with Gasteiger partial charge in [-0.2, -0.15) is 0 Å². The first-order chi connectivity index (χ1) is 28.1. The summed E-state index contributed by atoms with van der Waals surface area (Å²) in [5, 5.41) is 11.6. The van der Waals surface area contributed by atoms with Gasteiger partial charge in [0.25, 0.3) is 0 Å². The third-order valence-electron chi connectivity index (χ3n) is 11.1. The van der Waals surface area contributed by atoms with Gasteiger partial charge in [0.2, 0.25) is 0 Å². The van der Waals surface area contributed by atoms with Crippen LogP contribution in [0.3, 0.4) is 0 Å². The van der Waals surface area contributed by atoms with Crippen LogP contribution < -0.4 is 5.11 Å². The molecule has 0 aromatic rings. The zero-order valence-corrected chi connectivity index (χ0v) is 38.7. The SMILES string of the molecule is CCC/C=C\C/C=C\CCCCCCCC(=O)OC(COCCC(C(=O)[O-])[N+](C)(C)C)COC(=O)CCCCCCCCCCCCCCCCCCCCCCC. The topological polar surface area (TPSA) is 102 Å². The number of carbonyl (C=O) groups is 3. The number of aliphatic carboxylic acids is 1. The number of allylic oxidation sites excluding steroid dienone is 4. The van der Waals surface area contributed by atoms with Gasteiger partial charge in [0.1, 0.15) is 12.6 Å². The van der Waals surface area contributed by atoms with Crippen molar-refractivity contribution in [2.75, 3.05) is 41.0 Å². The Hall–Kier alpha value is -2.19. The summed E-state index contributed by atoms with van der Waals surface area (Å²) in [6.07, 6.45) is 46.4. The summed E-state index contributed by atoms with van der Waals surface area (Å²) in [6, 6.07) is -0.725. The Morgan fingerprint density at radius 1 is 0.517 bits per heavy atom. The van der Waals surface area contributed by atoms with Gasteiger partial charge in [-0.05, 0) is 38.5 Å². The lowest BCUT2D eigenvalue weighted by Crippen LogP contribution is -2.55. The van der Waals surface area contributed by atoms with E-state index in [0.29, 0.717) is 12.8 Å². The highest BCUT2D eigenvalue weighted by molar-refractivity contribution is 5.70. The fourth-order valence-electron chi connectivity index (χ4n) is 7.29. The lowest BCUT2D eigenvalue weighted by molar-refractivity contribution is -0.889. The Balaban J connectivity index is 4.19. The summed E-state index contributed by atoms with van der Waals surface area (Å²) in [5.74, 6) is -1.74. The molecule has 340 valence electrons. The second-order valence-electron chi connectivity index (χ2n) is 17.7. The molecule has 0 aliphatic rings. The van der Waals surface area contributed by atoms with Crippen LogP contribution in [0.2, 0.25) is 0 Å². The zero-order valence-electron chi connectivity index (χ0n) is 38.7. The molecule has 0 amide bonds. The van der Waals surface area contributed by atoms with Gasteiger partial charge in [0, 0.05) is 19.3 Å². The minimum absolute atomic E-state index is 0.0389. The van der Waals surface area contributed by atoms with E-state index >= 15 is 0 Å². The number of hydrogen-bond donors (Lipinski definition) is 0. The Morgan fingerprint density at radius 3 is 1.40 bits per heavy atom. The van der Waals surface area contributed by atoms with E-state index in [9.17, 15) is 19.5 Å². The van der Waals surface area contributed by atoms with Gasteiger partial charge in [0.05, 0.1) is 40.3 Å². The van der Waals surface area contributed by atoms with Crippen LogP contribution >= 0.6 is 0 Å². The lowest BCUT2D eigenvalue weighted by Gasteiger charge is -2.34. The molecule has 8 nitrogen and oxygen atoms in total. The summed E-state index contributed by atoms with van der Waals surface area (Å²) in [5.41, 5.74) is 0. The number of likely N-dealkylation sites (N-methyl/N-ethyl adjacent to an activating group) is 1. The molecule has 2 atom stereocenters. The first-order valence-corrected chi connectivity index (χ1v) is 24.4. The van der Waals surface area contributed by atoms with Crippen molar-refractivity contribution in [2.24, 2.45) is 0 Å². The summed E-state index contributed by atoms with van der Waals surface area (Å²) in [6.45, 7) is 4.61. The van der Waals surface area contributed by atoms with Crippen molar-refractivity contribution in [1.82, 2.24) is 0 Å². The predicted molar refractivity (Wildman–Crippen MR) is 240 cm³/mol. The number of ether oxygens (including phenoxy) is 3. The van der Waals surface area contributed by atoms with Crippen LogP contribution in [-0.4, -0.2) is 75.5 Å². The smallest absolute Gasteiger partial charge is 0.306 e. The first-order valence-electron chi connectivity index (χ1n) is 24.4. The van der Waals surface area contributed by atoms with Crippen molar-refractivity contribution in [3.05, 3.63) is 24.3 Å². The highest BCUT2D eigenvalue weighted by Crippen LogP contribution is 2.16. The molecule has 0 aromatic carbocycles. The van der Waals surface area contributed by atoms with E-state index in [0.717, 1.165) is 70.6 Å². The van der Waals surface area contributed by atoms with E-state index in [2.05, 4.69) is 38.2 Å². The maximum absolute atomic E-state index is 12.7. The number of nitrogens with zero attached hydrogens (tertiary/aromatic N) is 1. The number of esters is 2. The van der Waals surface area contributed by atoms with E-state index in [1.54, 1.807) is 21.1 Å². The lowest BCUT2D eigenvalue weighted by atomic mass is 10.0. The number of carboxylic acid groups (broad SMARTS) is 1. The Bertz CT molecular complexity index is 1000. The molecular formula is C50H93NO7. The summed E-state index contributed by atoms with van der Waals surface area (Å²) in [7, 11) is 5.41. The molecule has 0 saturated heterocycles. The molecule has 0 radical (unpaired) electrons. The number of carbonyl (C=O) groups excluding carboxylic acids is 3. The molecule has 58 heavy (non-hydrogen) atoms. The molecule has 0 saturated carbocycles. The molecule has 0 rings (SSSR count). The third-order valence-corrected chi connectivity index (χ3v) is 11.1. The van der Waals surface area contributed by atoms with E-state index in [-0.39, 0.29) is 42.7 Å². The molecule has 2 unspecified atom stereocenters. The standard InChI is InChI=1S/C50H93NO7/c1-6-8-10-12-14-16-18-20-21-22-23-24-25-26-27-29-30-32-34-36-38-40-48(52)57-45-46(44-56-43-42-47(50(54)55)51(3,4)5)58-49(53)41-39-37-35-33-31-28-19-17-15-13-11-9-7-2/h11,13,17,19,46-47H,6-10,12,14-16,18,20-45H2,1-5H3/b13-11-,19-17-. The monoisotopic (exact) mass is 820 g/mol. The van der Waals surface area contributed by atoms with E-state index in [1.807, 2.05) is 0 Å². The highest BCUT2D eigenvalue weighted by Gasteiger charge is 2.25. The van der Waals surface area contributed by atoms with Gasteiger partial charge in [0.15, 0.2) is 6.10 Å². The van der Waals surface area contributed by atoms with Gasteiger partial charge in [-0.15, -0.1) is 0 Å². The normalized spacial score (nSPS) is 13.1. The highest BCUT2D eigenvalue weighted by atomic mass is 16.6.